The molecule has 1 aromatic heterocycles. The molecule has 0 atom stereocenters. The van der Waals surface area contributed by atoms with Crippen LogP contribution < -0.4 is 16.6 Å². The van der Waals surface area contributed by atoms with Gasteiger partial charge < -0.3 is 10.5 Å². The molecule has 3 N–H and O–H groups in total. The highest BCUT2D eigenvalue weighted by Gasteiger charge is 2.06. The Morgan fingerprint density at radius 3 is 2.87 bits per heavy atom. The molecule has 2 aromatic rings. The molecule has 0 aliphatic heterocycles. The Balaban J connectivity index is 2.20. The number of anilines is 1. The molecule has 0 fully saturated rings. The van der Waals surface area contributed by atoms with Crippen molar-refractivity contribution in [1.82, 2.24) is 9.78 Å². The molecule has 2 rings (SSSR count). The third kappa shape index (κ3) is 4.62. The number of rotatable bonds is 5. The number of nitrogens with one attached hydrogen (secondary N) is 1. The van der Waals surface area contributed by atoms with Crippen LogP contribution in [-0.4, -0.2) is 27.5 Å². The number of thiocarbonyl (C=S) groups is 1. The van der Waals surface area contributed by atoms with E-state index in [9.17, 15) is 9.59 Å². The monoisotopic (exact) mass is 332 g/mol. The second-order valence-corrected chi connectivity index (χ2v) is 5.06. The molecular formula is C15H16N4O3S. The van der Waals surface area contributed by atoms with Gasteiger partial charge in [0.15, 0.2) is 0 Å². The molecule has 1 aromatic carbocycles. The summed E-state index contributed by atoms with van der Waals surface area (Å²) in [6.45, 7) is 2.24. The molecule has 1 amide bonds. The second kappa shape index (κ2) is 7.50. The molecule has 0 aliphatic rings. The minimum atomic E-state index is -0.532. The van der Waals surface area contributed by atoms with Gasteiger partial charge >= 0.3 is 6.09 Å². The van der Waals surface area contributed by atoms with Gasteiger partial charge in [-0.1, -0.05) is 24.4 Å². The molecular weight excluding hydrogens is 316 g/mol. The number of hydrogen-bond donors (Lipinski definition) is 2. The number of amides is 1. The number of nitrogens with two attached hydrogens (primary N) is 1. The van der Waals surface area contributed by atoms with Crippen LogP contribution in [0.15, 0.2) is 41.2 Å². The predicted molar refractivity (Wildman–Crippen MR) is 90.6 cm³/mol. The highest BCUT2D eigenvalue weighted by molar-refractivity contribution is 7.80. The largest absolute Gasteiger partial charge is 0.450 e. The minimum Gasteiger partial charge on any atom is -0.450 e. The van der Waals surface area contributed by atoms with Crippen molar-refractivity contribution in [1.29, 1.82) is 0 Å². The van der Waals surface area contributed by atoms with E-state index in [-0.39, 0.29) is 23.7 Å². The standard InChI is InChI=1S/C15H16N4O3S/c1-2-22-15(21)17-11-5-3-4-10(8-11)9-19-13(20)7-6-12(18-19)14(16)23/h3-8H,2,9H2,1H3,(H2,16,23)(H,17,21). The zero-order chi connectivity index (χ0) is 16.8. The van der Waals surface area contributed by atoms with Gasteiger partial charge in [-0.3, -0.25) is 10.1 Å². The number of nitrogens with zero attached hydrogens (tertiary/aromatic N) is 2. The Morgan fingerprint density at radius 1 is 1.39 bits per heavy atom. The third-order valence-corrected chi connectivity index (χ3v) is 3.11. The second-order valence-electron chi connectivity index (χ2n) is 4.62. The lowest BCUT2D eigenvalue weighted by atomic mass is 10.2. The molecule has 0 spiro atoms. The van der Waals surface area contributed by atoms with E-state index in [1.165, 1.54) is 16.8 Å². The van der Waals surface area contributed by atoms with E-state index in [4.69, 9.17) is 22.7 Å². The van der Waals surface area contributed by atoms with Crippen molar-refractivity contribution >= 4 is 29.0 Å². The smallest absolute Gasteiger partial charge is 0.411 e. The normalized spacial score (nSPS) is 10.1. The van der Waals surface area contributed by atoms with Crippen molar-refractivity contribution in [2.75, 3.05) is 11.9 Å². The maximum Gasteiger partial charge on any atom is 0.411 e. The molecule has 7 nitrogen and oxygen atoms in total. The summed E-state index contributed by atoms with van der Waals surface area (Å²) in [6, 6.07) is 9.89. The molecule has 0 saturated carbocycles. The fourth-order valence-corrected chi connectivity index (χ4v) is 2.01. The maximum absolute atomic E-state index is 11.9. The number of ether oxygens (including phenoxy) is 1. The number of aromatic nitrogens is 2. The Kier molecular flexibility index (Phi) is 5.42. The van der Waals surface area contributed by atoms with Gasteiger partial charge in [0.05, 0.1) is 13.2 Å². The molecule has 1 heterocycles. The Morgan fingerprint density at radius 2 is 2.17 bits per heavy atom. The van der Waals surface area contributed by atoms with E-state index in [0.717, 1.165) is 5.56 Å². The Labute approximate surface area is 138 Å². The first-order chi connectivity index (χ1) is 11.0. The lowest BCUT2D eigenvalue weighted by Crippen LogP contribution is -2.26. The Bertz CT molecular complexity index is 788. The van der Waals surface area contributed by atoms with Gasteiger partial charge in [0.25, 0.3) is 5.56 Å². The fraction of sp³-hybridized carbons (Fsp3) is 0.200. The van der Waals surface area contributed by atoms with Gasteiger partial charge in [0.1, 0.15) is 10.7 Å². The topological polar surface area (TPSA) is 99.2 Å². The average molecular weight is 332 g/mol. The van der Waals surface area contributed by atoms with Crippen molar-refractivity contribution in [2.24, 2.45) is 5.73 Å². The van der Waals surface area contributed by atoms with Crippen LogP contribution in [0, 0.1) is 0 Å². The summed E-state index contributed by atoms with van der Waals surface area (Å²) in [4.78, 5) is 23.4. The molecule has 0 unspecified atom stereocenters. The van der Waals surface area contributed by atoms with Gasteiger partial charge in [0, 0.05) is 11.8 Å². The fourth-order valence-electron chi connectivity index (χ4n) is 1.90. The molecule has 8 heteroatoms. The van der Waals surface area contributed by atoms with Crippen LogP contribution in [0.2, 0.25) is 0 Å². The van der Waals surface area contributed by atoms with Crippen LogP contribution in [0.25, 0.3) is 0 Å². The zero-order valence-corrected chi connectivity index (χ0v) is 13.3. The van der Waals surface area contributed by atoms with Crippen molar-refractivity contribution in [3.8, 4) is 0 Å². The zero-order valence-electron chi connectivity index (χ0n) is 12.5. The molecule has 0 radical (unpaired) electrons. The van der Waals surface area contributed by atoms with Crippen LogP contribution in [0.3, 0.4) is 0 Å². The van der Waals surface area contributed by atoms with Gasteiger partial charge in [-0.05, 0) is 30.7 Å². The third-order valence-electron chi connectivity index (χ3n) is 2.90. The van der Waals surface area contributed by atoms with Crippen LogP contribution in [0.4, 0.5) is 10.5 Å². The van der Waals surface area contributed by atoms with Crippen molar-refractivity contribution in [3.05, 3.63) is 58.0 Å². The van der Waals surface area contributed by atoms with E-state index in [2.05, 4.69) is 10.4 Å². The SMILES string of the molecule is CCOC(=O)Nc1cccc(Cn2nc(C(N)=S)ccc2=O)c1. The Hall–Kier alpha value is -2.74. The highest BCUT2D eigenvalue weighted by Crippen LogP contribution is 2.11. The van der Waals surface area contributed by atoms with Crippen LogP contribution in [0.1, 0.15) is 18.2 Å². The molecule has 0 bridgehead atoms. The summed E-state index contributed by atoms with van der Waals surface area (Å²) >= 11 is 4.86. The van der Waals surface area contributed by atoms with E-state index in [1.807, 2.05) is 6.07 Å². The first-order valence-electron chi connectivity index (χ1n) is 6.90. The summed E-state index contributed by atoms with van der Waals surface area (Å²) in [7, 11) is 0. The van der Waals surface area contributed by atoms with E-state index in [1.54, 1.807) is 25.1 Å². The summed E-state index contributed by atoms with van der Waals surface area (Å²) in [6.07, 6.45) is -0.532. The van der Waals surface area contributed by atoms with Crippen LogP contribution in [0.5, 0.6) is 0 Å². The van der Waals surface area contributed by atoms with E-state index in [0.29, 0.717) is 11.4 Å². The van der Waals surface area contributed by atoms with Crippen molar-refractivity contribution in [3.63, 3.8) is 0 Å². The summed E-state index contributed by atoms with van der Waals surface area (Å²) in [5, 5.41) is 6.72. The van der Waals surface area contributed by atoms with Gasteiger partial charge in [0.2, 0.25) is 0 Å². The summed E-state index contributed by atoms with van der Waals surface area (Å²) < 4.78 is 6.08. The van der Waals surface area contributed by atoms with E-state index < -0.39 is 6.09 Å². The predicted octanol–water partition coefficient (Wildman–Crippen LogP) is 1.49. The van der Waals surface area contributed by atoms with Crippen LogP contribution >= 0.6 is 12.2 Å². The minimum absolute atomic E-state index is 0.122. The summed E-state index contributed by atoms with van der Waals surface area (Å²) in [5.74, 6) is 0. The quantitative estimate of drug-likeness (QED) is 0.805. The van der Waals surface area contributed by atoms with Crippen LogP contribution in [-0.2, 0) is 11.3 Å². The number of benzene rings is 1. The van der Waals surface area contributed by atoms with Crippen molar-refractivity contribution < 1.29 is 9.53 Å². The molecule has 0 aliphatic carbocycles. The van der Waals surface area contributed by atoms with Crippen molar-refractivity contribution in [2.45, 2.75) is 13.5 Å². The molecule has 0 saturated heterocycles. The first kappa shape index (κ1) is 16.6. The van der Waals surface area contributed by atoms with E-state index >= 15 is 0 Å². The molecule has 120 valence electrons. The maximum atomic E-state index is 11.9. The average Bonchev–Trinajstić information content (AvgIpc) is 2.50. The number of hydrogen-bond acceptors (Lipinski definition) is 5. The number of carbonyl (C=O) groups is 1. The lowest BCUT2D eigenvalue weighted by molar-refractivity contribution is 0.168. The highest BCUT2D eigenvalue weighted by atomic mass is 32.1. The van der Waals surface area contributed by atoms with Gasteiger partial charge in [-0.25, -0.2) is 9.48 Å². The first-order valence-corrected chi connectivity index (χ1v) is 7.31. The van der Waals surface area contributed by atoms with Gasteiger partial charge in [-0.2, -0.15) is 5.10 Å². The number of carbonyl (C=O) groups excluding carboxylic acids is 1. The molecule has 23 heavy (non-hydrogen) atoms. The van der Waals surface area contributed by atoms with Gasteiger partial charge in [-0.15, -0.1) is 0 Å². The lowest BCUT2D eigenvalue weighted by Gasteiger charge is -2.09. The summed E-state index contributed by atoms with van der Waals surface area (Å²) in [5.41, 5.74) is 6.99.